The van der Waals surface area contributed by atoms with Crippen molar-refractivity contribution in [3.8, 4) is 0 Å². The lowest BCUT2D eigenvalue weighted by molar-refractivity contribution is -0.00179. The topological polar surface area (TPSA) is 66.4 Å². The van der Waals surface area contributed by atoms with Gasteiger partial charge in [-0.2, -0.15) is 0 Å². The summed E-state index contributed by atoms with van der Waals surface area (Å²) in [5, 5.41) is 10.0. The summed E-state index contributed by atoms with van der Waals surface area (Å²) < 4.78 is 24.1. The van der Waals surface area contributed by atoms with Crippen molar-refractivity contribution >= 4 is 10.0 Å². The lowest BCUT2D eigenvalue weighted by Gasteiger charge is -2.34. The molecule has 0 amide bonds. The molecular formula is C9H19NO3S. The normalized spacial score (nSPS) is 34.4. The van der Waals surface area contributed by atoms with Crippen molar-refractivity contribution in [3.05, 3.63) is 0 Å². The highest BCUT2D eigenvalue weighted by Crippen LogP contribution is 2.31. The Kier molecular flexibility index (Phi) is 3.55. The molecule has 0 aliphatic heterocycles. The highest BCUT2D eigenvalue weighted by atomic mass is 32.2. The fourth-order valence-corrected chi connectivity index (χ4v) is 2.27. The average molecular weight is 221 g/mol. The van der Waals surface area contributed by atoms with Crippen molar-refractivity contribution in [1.29, 1.82) is 0 Å². The molecule has 0 heterocycles. The van der Waals surface area contributed by atoms with Gasteiger partial charge in [-0.25, -0.2) is 13.1 Å². The second-order valence-electron chi connectivity index (χ2n) is 4.50. The quantitative estimate of drug-likeness (QED) is 0.728. The van der Waals surface area contributed by atoms with Crippen LogP contribution in [0, 0.1) is 5.92 Å². The molecule has 1 rings (SSSR count). The van der Waals surface area contributed by atoms with Crippen LogP contribution in [0.3, 0.4) is 0 Å². The molecule has 5 heteroatoms. The van der Waals surface area contributed by atoms with Gasteiger partial charge in [-0.1, -0.05) is 6.92 Å². The number of hydrogen-bond acceptors (Lipinski definition) is 3. The van der Waals surface area contributed by atoms with Crippen LogP contribution in [0.25, 0.3) is 0 Å². The van der Waals surface area contributed by atoms with Crippen molar-refractivity contribution in [2.24, 2.45) is 5.92 Å². The first-order chi connectivity index (χ1) is 6.31. The van der Waals surface area contributed by atoms with E-state index in [1.54, 1.807) is 0 Å². The fraction of sp³-hybridized carbons (Fsp3) is 1.00. The third-order valence-electron chi connectivity index (χ3n) is 2.87. The van der Waals surface area contributed by atoms with E-state index in [0.717, 1.165) is 19.1 Å². The zero-order valence-electron chi connectivity index (χ0n) is 8.78. The second kappa shape index (κ2) is 4.16. The Labute approximate surface area is 85.8 Å². The van der Waals surface area contributed by atoms with E-state index in [1.807, 2.05) is 0 Å². The van der Waals surface area contributed by atoms with Gasteiger partial charge in [0.1, 0.15) is 0 Å². The second-order valence-corrected chi connectivity index (χ2v) is 6.33. The molecule has 0 bridgehead atoms. The van der Waals surface area contributed by atoms with E-state index in [2.05, 4.69) is 11.6 Å². The molecule has 4 nitrogen and oxygen atoms in total. The average Bonchev–Trinajstić information content (AvgIpc) is 2.07. The molecule has 84 valence electrons. The molecule has 1 saturated carbocycles. The first-order valence-electron chi connectivity index (χ1n) is 4.98. The van der Waals surface area contributed by atoms with Crippen LogP contribution in [0.15, 0.2) is 0 Å². The van der Waals surface area contributed by atoms with Gasteiger partial charge in [-0.3, -0.25) is 0 Å². The van der Waals surface area contributed by atoms with Gasteiger partial charge >= 0.3 is 0 Å². The zero-order valence-corrected chi connectivity index (χ0v) is 9.60. The fourth-order valence-electron chi connectivity index (χ4n) is 1.74. The molecule has 0 aromatic rings. The first kappa shape index (κ1) is 11.9. The van der Waals surface area contributed by atoms with E-state index in [9.17, 15) is 13.5 Å². The standard InChI is InChI=1S/C9H19NO3S/c1-8-3-5-9(11,6-4-8)7-10-14(2,12)13/h8,10-11H,3-7H2,1-2H3. The summed E-state index contributed by atoms with van der Waals surface area (Å²) >= 11 is 0. The van der Waals surface area contributed by atoms with E-state index < -0.39 is 15.6 Å². The van der Waals surface area contributed by atoms with Gasteiger partial charge in [0, 0.05) is 6.54 Å². The lowest BCUT2D eigenvalue weighted by atomic mass is 9.80. The van der Waals surface area contributed by atoms with Crippen LogP contribution < -0.4 is 4.72 Å². The Morgan fingerprint density at radius 2 is 1.93 bits per heavy atom. The van der Waals surface area contributed by atoms with Gasteiger partial charge in [-0.05, 0) is 31.6 Å². The highest BCUT2D eigenvalue weighted by molar-refractivity contribution is 7.88. The van der Waals surface area contributed by atoms with Gasteiger partial charge in [0.2, 0.25) is 10.0 Å². The summed E-state index contributed by atoms with van der Waals surface area (Å²) in [4.78, 5) is 0. The van der Waals surface area contributed by atoms with Crippen LogP contribution in [0.2, 0.25) is 0 Å². The highest BCUT2D eigenvalue weighted by Gasteiger charge is 2.32. The predicted octanol–water partition coefficient (Wildman–Crippen LogP) is 0.477. The predicted molar refractivity (Wildman–Crippen MR) is 55.4 cm³/mol. The zero-order chi connectivity index (χ0) is 10.8. The molecule has 0 radical (unpaired) electrons. The monoisotopic (exact) mass is 221 g/mol. The Bertz CT molecular complexity index is 278. The number of hydrogen-bond donors (Lipinski definition) is 2. The number of rotatable bonds is 3. The molecule has 1 fully saturated rings. The summed E-state index contributed by atoms with van der Waals surface area (Å²) in [7, 11) is -3.19. The summed E-state index contributed by atoms with van der Waals surface area (Å²) in [6.07, 6.45) is 4.44. The van der Waals surface area contributed by atoms with Crippen LogP contribution in [-0.4, -0.2) is 31.9 Å². The Balaban J connectivity index is 2.43. The molecule has 0 atom stereocenters. The Hall–Kier alpha value is -0.130. The van der Waals surface area contributed by atoms with Crippen molar-refractivity contribution in [1.82, 2.24) is 4.72 Å². The smallest absolute Gasteiger partial charge is 0.208 e. The maximum Gasteiger partial charge on any atom is 0.208 e. The maximum atomic E-state index is 10.9. The molecule has 0 saturated heterocycles. The van der Waals surface area contributed by atoms with Crippen LogP contribution in [-0.2, 0) is 10.0 Å². The summed E-state index contributed by atoms with van der Waals surface area (Å²) in [5.74, 6) is 0.647. The van der Waals surface area contributed by atoms with E-state index in [-0.39, 0.29) is 6.54 Å². The maximum absolute atomic E-state index is 10.9. The van der Waals surface area contributed by atoms with Crippen LogP contribution in [0.1, 0.15) is 32.6 Å². The van der Waals surface area contributed by atoms with Crippen molar-refractivity contribution in [3.63, 3.8) is 0 Å². The Morgan fingerprint density at radius 3 is 2.36 bits per heavy atom. The minimum Gasteiger partial charge on any atom is -0.389 e. The summed E-state index contributed by atoms with van der Waals surface area (Å²) in [5.41, 5.74) is -0.824. The van der Waals surface area contributed by atoms with Crippen LogP contribution >= 0.6 is 0 Å². The van der Waals surface area contributed by atoms with Crippen LogP contribution in [0.4, 0.5) is 0 Å². The van der Waals surface area contributed by atoms with E-state index in [1.165, 1.54) is 0 Å². The van der Waals surface area contributed by atoms with E-state index in [0.29, 0.717) is 18.8 Å². The molecule has 0 spiro atoms. The number of aliphatic hydroxyl groups is 1. The molecule has 1 aliphatic rings. The van der Waals surface area contributed by atoms with Gasteiger partial charge in [0.05, 0.1) is 11.9 Å². The minimum atomic E-state index is -3.19. The first-order valence-corrected chi connectivity index (χ1v) is 6.87. The number of nitrogens with one attached hydrogen (secondary N) is 1. The molecule has 14 heavy (non-hydrogen) atoms. The SMILES string of the molecule is CC1CCC(O)(CNS(C)(=O)=O)CC1. The minimum absolute atomic E-state index is 0.151. The molecule has 2 N–H and O–H groups in total. The Morgan fingerprint density at radius 1 is 1.43 bits per heavy atom. The van der Waals surface area contributed by atoms with Gasteiger partial charge in [0.15, 0.2) is 0 Å². The summed E-state index contributed by atoms with van der Waals surface area (Å²) in [6, 6.07) is 0. The molecule has 0 aromatic carbocycles. The molecular weight excluding hydrogens is 202 g/mol. The molecule has 1 aliphatic carbocycles. The largest absolute Gasteiger partial charge is 0.389 e. The number of sulfonamides is 1. The van der Waals surface area contributed by atoms with E-state index >= 15 is 0 Å². The van der Waals surface area contributed by atoms with Gasteiger partial charge in [-0.15, -0.1) is 0 Å². The third kappa shape index (κ3) is 3.94. The molecule has 0 aromatic heterocycles. The summed E-state index contributed by atoms with van der Waals surface area (Å²) in [6.45, 7) is 2.31. The third-order valence-corrected chi connectivity index (χ3v) is 3.54. The van der Waals surface area contributed by atoms with Crippen molar-refractivity contribution < 1.29 is 13.5 Å². The van der Waals surface area contributed by atoms with Gasteiger partial charge < -0.3 is 5.11 Å². The van der Waals surface area contributed by atoms with Gasteiger partial charge in [0.25, 0.3) is 0 Å². The van der Waals surface area contributed by atoms with Crippen LogP contribution in [0.5, 0.6) is 0 Å². The lowest BCUT2D eigenvalue weighted by Crippen LogP contribution is -2.44. The molecule has 0 unspecified atom stereocenters. The van der Waals surface area contributed by atoms with Crippen molar-refractivity contribution in [2.75, 3.05) is 12.8 Å². The van der Waals surface area contributed by atoms with Crippen molar-refractivity contribution in [2.45, 2.75) is 38.2 Å². The van der Waals surface area contributed by atoms with E-state index in [4.69, 9.17) is 0 Å².